The average molecular weight is 333 g/mol. The Balaban J connectivity index is 2.09. The molecule has 0 aliphatic rings. The van der Waals surface area contributed by atoms with Crippen LogP contribution in [-0.2, 0) is 18.3 Å². The molecule has 6 heteroatoms. The number of hydrogen-bond donors (Lipinski definition) is 2. The van der Waals surface area contributed by atoms with Gasteiger partial charge in [0.1, 0.15) is 11.9 Å². The van der Waals surface area contributed by atoms with E-state index in [-0.39, 0.29) is 17.9 Å². The number of nitrogens with one attached hydrogen (secondary N) is 1. The number of amides is 1. The summed E-state index contributed by atoms with van der Waals surface area (Å²) in [5.41, 5.74) is 2.82. The predicted octanol–water partition coefficient (Wildman–Crippen LogP) is 2.35. The van der Waals surface area contributed by atoms with Crippen molar-refractivity contribution in [1.82, 2.24) is 15.1 Å². The second-order valence-electron chi connectivity index (χ2n) is 6.00. The maximum absolute atomic E-state index is 13.8. The number of halogens is 1. The van der Waals surface area contributed by atoms with Gasteiger partial charge >= 0.3 is 0 Å². The van der Waals surface area contributed by atoms with E-state index in [1.165, 1.54) is 12.1 Å². The van der Waals surface area contributed by atoms with Crippen LogP contribution in [0.2, 0.25) is 0 Å². The van der Waals surface area contributed by atoms with Crippen molar-refractivity contribution >= 4 is 5.91 Å². The molecule has 0 radical (unpaired) electrons. The molecular formula is C18H24FN3O2. The predicted molar refractivity (Wildman–Crippen MR) is 90.0 cm³/mol. The molecule has 0 aliphatic heterocycles. The monoisotopic (exact) mass is 333 g/mol. The van der Waals surface area contributed by atoms with Crippen LogP contribution in [0.15, 0.2) is 24.3 Å². The molecule has 1 heterocycles. The second-order valence-corrected chi connectivity index (χ2v) is 6.00. The van der Waals surface area contributed by atoms with Gasteiger partial charge in [-0.2, -0.15) is 5.10 Å². The summed E-state index contributed by atoms with van der Waals surface area (Å²) < 4.78 is 15.6. The van der Waals surface area contributed by atoms with Crippen molar-refractivity contribution in [3.8, 4) is 0 Å². The summed E-state index contributed by atoms with van der Waals surface area (Å²) in [5.74, 6) is -0.687. The molecule has 0 aliphatic carbocycles. The van der Waals surface area contributed by atoms with Crippen LogP contribution in [-0.4, -0.2) is 26.8 Å². The highest BCUT2D eigenvalue weighted by Gasteiger charge is 2.24. The minimum absolute atomic E-state index is 0.187. The molecule has 1 amide bonds. The van der Waals surface area contributed by atoms with E-state index < -0.39 is 18.0 Å². The van der Waals surface area contributed by atoms with Crippen LogP contribution in [0.5, 0.6) is 0 Å². The van der Waals surface area contributed by atoms with E-state index >= 15 is 0 Å². The lowest BCUT2D eigenvalue weighted by Crippen LogP contribution is -2.40. The van der Waals surface area contributed by atoms with Crippen molar-refractivity contribution in [2.75, 3.05) is 0 Å². The van der Waals surface area contributed by atoms with Crippen LogP contribution in [0.1, 0.15) is 42.0 Å². The lowest BCUT2D eigenvalue weighted by molar-refractivity contribution is -0.122. The highest BCUT2D eigenvalue weighted by atomic mass is 19.1. The van der Waals surface area contributed by atoms with E-state index in [1.807, 2.05) is 27.8 Å². The fourth-order valence-electron chi connectivity index (χ4n) is 2.83. The number of aryl methyl sites for hydroxylation is 2. The lowest BCUT2D eigenvalue weighted by atomic mass is 9.99. The molecule has 0 unspecified atom stereocenters. The highest BCUT2D eigenvalue weighted by Crippen LogP contribution is 2.22. The van der Waals surface area contributed by atoms with Crippen molar-refractivity contribution in [3.05, 3.63) is 52.6 Å². The van der Waals surface area contributed by atoms with Crippen LogP contribution >= 0.6 is 0 Å². The Bertz CT molecular complexity index is 727. The topological polar surface area (TPSA) is 67.2 Å². The van der Waals surface area contributed by atoms with Crippen molar-refractivity contribution in [2.45, 2.75) is 45.8 Å². The van der Waals surface area contributed by atoms with Crippen molar-refractivity contribution in [2.24, 2.45) is 7.05 Å². The molecular weight excluding hydrogens is 309 g/mol. The first-order chi connectivity index (χ1) is 11.3. The quantitative estimate of drug-likeness (QED) is 0.853. The molecule has 1 aromatic carbocycles. The smallest absolute Gasteiger partial charge is 0.224 e. The number of hydrogen-bond acceptors (Lipinski definition) is 3. The van der Waals surface area contributed by atoms with Gasteiger partial charge in [0.15, 0.2) is 0 Å². The molecule has 0 fully saturated rings. The minimum atomic E-state index is -1.09. The number of benzene rings is 1. The third-order valence-electron chi connectivity index (χ3n) is 4.39. The number of carbonyl (C=O) groups is 1. The standard InChI is InChI=1S/C18H24FN3O2/c1-5-16(18(24)13-8-6-7-9-15(13)19)20-17(23)10-14-11(2)21-22(4)12(14)3/h6-9,16,18,24H,5,10H2,1-4H3,(H,20,23)/t16-,18-/m0/s1. The van der Waals surface area contributed by atoms with Gasteiger partial charge in [-0.3, -0.25) is 9.48 Å². The molecule has 0 saturated heterocycles. The van der Waals surface area contributed by atoms with E-state index in [4.69, 9.17) is 0 Å². The minimum Gasteiger partial charge on any atom is -0.386 e. The molecule has 0 bridgehead atoms. The third kappa shape index (κ3) is 3.82. The lowest BCUT2D eigenvalue weighted by Gasteiger charge is -2.23. The Hall–Kier alpha value is -2.21. The van der Waals surface area contributed by atoms with E-state index in [0.717, 1.165) is 17.0 Å². The molecule has 5 nitrogen and oxygen atoms in total. The number of aromatic nitrogens is 2. The maximum Gasteiger partial charge on any atom is 0.224 e. The Kier molecular flexibility index (Phi) is 5.72. The van der Waals surface area contributed by atoms with Gasteiger partial charge in [-0.15, -0.1) is 0 Å². The second kappa shape index (κ2) is 7.57. The third-order valence-corrected chi connectivity index (χ3v) is 4.39. The molecule has 0 saturated carbocycles. The zero-order valence-electron chi connectivity index (χ0n) is 14.5. The fourth-order valence-corrected chi connectivity index (χ4v) is 2.83. The molecule has 2 aromatic rings. The number of carbonyl (C=O) groups excluding carboxylic acids is 1. The zero-order valence-corrected chi connectivity index (χ0v) is 14.5. The average Bonchev–Trinajstić information content (AvgIpc) is 2.78. The summed E-state index contributed by atoms with van der Waals surface area (Å²) in [7, 11) is 1.83. The molecule has 130 valence electrons. The van der Waals surface area contributed by atoms with E-state index in [9.17, 15) is 14.3 Å². The van der Waals surface area contributed by atoms with E-state index in [2.05, 4.69) is 10.4 Å². The molecule has 2 atom stereocenters. The first-order valence-electron chi connectivity index (χ1n) is 8.06. The van der Waals surface area contributed by atoms with Crippen molar-refractivity contribution in [3.63, 3.8) is 0 Å². The summed E-state index contributed by atoms with van der Waals surface area (Å²) >= 11 is 0. The number of nitrogens with zero attached hydrogens (tertiary/aromatic N) is 2. The van der Waals surface area contributed by atoms with Crippen molar-refractivity contribution in [1.29, 1.82) is 0 Å². The Morgan fingerprint density at radius 1 is 1.38 bits per heavy atom. The van der Waals surface area contributed by atoms with Crippen LogP contribution in [0.3, 0.4) is 0 Å². The summed E-state index contributed by atoms with van der Waals surface area (Å²) in [5, 5.41) is 17.5. The Morgan fingerprint density at radius 2 is 2.04 bits per heavy atom. The Labute approximate surface area is 141 Å². The number of rotatable bonds is 6. The first kappa shape index (κ1) is 18.1. The Morgan fingerprint density at radius 3 is 2.58 bits per heavy atom. The van der Waals surface area contributed by atoms with Crippen LogP contribution in [0, 0.1) is 19.7 Å². The van der Waals surface area contributed by atoms with Crippen LogP contribution in [0.25, 0.3) is 0 Å². The molecule has 0 spiro atoms. The van der Waals surface area contributed by atoms with Gasteiger partial charge in [0.25, 0.3) is 0 Å². The zero-order chi connectivity index (χ0) is 17.9. The van der Waals surface area contributed by atoms with Gasteiger partial charge in [-0.25, -0.2) is 4.39 Å². The summed E-state index contributed by atoms with van der Waals surface area (Å²) in [6, 6.07) is 5.52. The molecule has 24 heavy (non-hydrogen) atoms. The van der Waals surface area contributed by atoms with Crippen molar-refractivity contribution < 1.29 is 14.3 Å². The first-order valence-corrected chi connectivity index (χ1v) is 8.06. The SMILES string of the molecule is CC[C@H](NC(=O)Cc1c(C)nn(C)c1C)[C@@H](O)c1ccccc1F. The van der Waals surface area contributed by atoms with Gasteiger partial charge in [0, 0.05) is 23.9 Å². The largest absolute Gasteiger partial charge is 0.386 e. The van der Waals surface area contributed by atoms with E-state index in [1.54, 1.807) is 16.8 Å². The summed E-state index contributed by atoms with van der Waals surface area (Å²) in [6.07, 6.45) is -0.408. The number of aliphatic hydroxyl groups is 1. The van der Waals surface area contributed by atoms with Gasteiger partial charge in [0.05, 0.1) is 18.2 Å². The summed E-state index contributed by atoms with van der Waals surface area (Å²) in [6.45, 7) is 5.62. The van der Waals surface area contributed by atoms with Gasteiger partial charge < -0.3 is 10.4 Å². The van der Waals surface area contributed by atoms with Crippen LogP contribution in [0.4, 0.5) is 4.39 Å². The molecule has 2 N–H and O–H groups in total. The van der Waals surface area contributed by atoms with Gasteiger partial charge in [0.2, 0.25) is 5.91 Å². The fraction of sp³-hybridized carbons (Fsp3) is 0.444. The molecule has 2 rings (SSSR count). The molecule has 1 aromatic heterocycles. The maximum atomic E-state index is 13.8. The number of aliphatic hydroxyl groups excluding tert-OH is 1. The van der Waals surface area contributed by atoms with Gasteiger partial charge in [-0.05, 0) is 26.3 Å². The van der Waals surface area contributed by atoms with Crippen LogP contribution < -0.4 is 5.32 Å². The normalized spacial score (nSPS) is 13.6. The summed E-state index contributed by atoms with van der Waals surface area (Å²) in [4.78, 5) is 12.4. The van der Waals surface area contributed by atoms with E-state index in [0.29, 0.717) is 6.42 Å². The highest BCUT2D eigenvalue weighted by molar-refractivity contribution is 5.79. The van der Waals surface area contributed by atoms with Gasteiger partial charge in [-0.1, -0.05) is 25.1 Å².